The Labute approximate surface area is 87.8 Å². The minimum absolute atomic E-state index is 1.28. The van der Waals surface area contributed by atoms with Gasteiger partial charge in [-0.05, 0) is 0 Å². The molecule has 0 aliphatic rings. The average Bonchev–Trinajstić information content (AvgIpc) is 2.19. The molecule has 0 amide bonds. The molecular weight excluding hydrogens is 151 g/mol. The van der Waals surface area contributed by atoms with Crippen LogP contribution in [0.25, 0.3) is 11.1 Å². The van der Waals surface area contributed by atoms with Crippen LogP contribution >= 0.6 is 0 Å². The predicted octanol–water partition coefficient (Wildman–Crippen LogP) is 2.15. The van der Waals surface area contributed by atoms with Crippen molar-refractivity contribution in [2.24, 2.45) is 0 Å². The van der Waals surface area contributed by atoms with E-state index >= 15 is 0 Å². The zero-order valence-corrected chi connectivity index (χ0v) is 7.70. The summed E-state index contributed by atoms with van der Waals surface area (Å²) < 4.78 is 1.31. The van der Waals surface area contributed by atoms with Crippen molar-refractivity contribution in [3.63, 3.8) is 0 Å². The van der Waals surface area contributed by atoms with Gasteiger partial charge in [-0.25, -0.2) is 0 Å². The van der Waals surface area contributed by atoms with E-state index in [-0.39, 0.29) is 0 Å². The van der Waals surface area contributed by atoms with Crippen LogP contribution in [0, 0.1) is 0 Å². The molecular formula is C12H9Li. The Morgan fingerprint density at radius 1 is 0.692 bits per heavy atom. The van der Waals surface area contributed by atoms with Gasteiger partial charge in [-0.15, -0.1) is 0 Å². The first-order valence-electron chi connectivity index (χ1n) is 4.48. The van der Waals surface area contributed by atoms with Gasteiger partial charge in [-0.1, -0.05) is 0 Å². The Balaban J connectivity index is 2.48. The van der Waals surface area contributed by atoms with E-state index in [1.165, 1.54) is 15.4 Å². The molecule has 58 valence electrons. The van der Waals surface area contributed by atoms with Crippen molar-refractivity contribution in [3.8, 4) is 11.1 Å². The third kappa shape index (κ3) is 2.04. The van der Waals surface area contributed by atoms with E-state index in [1.807, 2.05) is 6.07 Å². The second-order valence-corrected chi connectivity index (χ2v) is 3.24. The fraction of sp³-hybridized carbons (Fsp3) is 0. The van der Waals surface area contributed by atoms with Crippen molar-refractivity contribution < 1.29 is 0 Å². The van der Waals surface area contributed by atoms with Crippen molar-refractivity contribution in [1.29, 1.82) is 0 Å². The summed E-state index contributed by atoms with van der Waals surface area (Å²) >= 11 is 2.12. The van der Waals surface area contributed by atoms with Crippen molar-refractivity contribution in [1.82, 2.24) is 0 Å². The average molecular weight is 160 g/mol. The molecule has 0 saturated carbocycles. The molecule has 13 heavy (non-hydrogen) atoms. The van der Waals surface area contributed by atoms with Gasteiger partial charge in [-0.3, -0.25) is 0 Å². The quantitative estimate of drug-likeness (QED) is 0.561. The Morgan fingerprint density at radius 3 is 2.08 bits per heavy atom. The molecule has 0 spiro atoms. The predicted molar refractivity (Wildman–Crippen MR) is 57.3 cm³/mol. The maximum absolute atomic E-state index is 2.20. The molecule has 2 rings (SSSR count). The molecule has 0 aliphatic carbocycles. The zero-order valence-electron chi connectivity index (χ0n) is 7.70. The van der Waals surface area contributed by atoms with Crippen LogP contribution in [0.3, 0.4) is 0 Å². The normalized spacial score (nSPS) is 10.0. The number of hydrogen-bond acceptors (Lipinski definition) is 0. The van der Waals surface area contributed by atoms with Crippen molar-refractivity contribution in [2.45, 2.75) is 0 Å². The third-order valence-electron chi connectivity index (χ3n) is 2.13. The SMILES string of the molecule is [Li][c]1cccc(-c2ccccc2)c1. The van der Waals surface area contributed by atoms with Crippen molar-refractivity contribution in [2.75, 3.05) is 0 Å². The van der Waals surface area contributed by atoms with Gasteiger partial charge in [0.05, 0.1) is 0 Å². The third-order valence-corrected chi connectivity index (χ3v) is 2.13. The molecule has 0 N–H and O–H groups in total. The molecule has 0 fully saturated rings. The molecule has 0 bridgehead atoms. The fourth-order valence-corrected chi connectivity index (χ4v) is 1.46. The number of hydrogen-bond donors (Lipinski definition) is 0. The molecule has 0 nitrogen and oxygen atoms in total. The molecule has 0 atom stereocenters. The van der Waals surface area contributed by atoms with Gasteiger partial charge >= 0.3 is 87.7 Å². The second-order valence-electron chi connectivity index (χ2n) is 3.24. The molecule has 0 heterocycles. The monoisotopic (exact) mass is 160 g/mol. The first kappa shape index (κ1) is 8.63. The minimum atomic E-state index is 1.28. The molecule has 1 heteroatoms. The summed E-state index contributed by atoms with van der Waals surface area (Å²) in [7, 11) is 0. The van der Waals surface area contributed by atoms with Crippen LogP contribution in [0.5, 0.6) is 0 Å². The standard InChI is InChI=1S/C12H9.Li/c1-3-7-11(8-4-1)12-9-5-2-6-10-12;/h1-5,7-10H;. The van der Waals surface area contributed by atoms with Gasteiger partial charge in [-0.2, -0.15) is 0 Å². The summed E-state index contributed by atoms with van der Waals surface area (Å²) in [4.78, 5) is 0. The van der Waals surface area contributed by atoms with Crippen LogP contribution in [0.4, 0.5) is 0 Å². The van der Waals surface area contributed by atoms with Crippen molar-refractivity contribution in [3.05, 3.63) is 54.6 Å². The van der Waals surface area contributed by atoms with E-state index in [0.29, 0.717) is 0 Å². The Hall–Kier alpha value is -0.963. The van der Waals surface area contributed by atoms with E-state index in [9.17, 15) is 0 Å². The van der Waals surface area contributed by atoms with Gasteiger partial charge in [0, 0.05) is 0 Å². The van der Waals surface area contributed by atoms with E-state index in [0.717, 1.165) is 0 Å². The van der Waals surface area contributed by atoms with Gasteiger partial charge in [0.1, 0.15) is 0 Å². The Bertz CT molecular complexity index is 393. The summed E-state index contributed by atoms with van der Waals surface area (Å²) in [6.07, 6.45) is 0. The first-order chi connectivity index (χ1) is 6.36. The van der Waals surface area contributed by atoms with Gasteiger partial charge < -0.3 is 0 Å². The molecule has 2 aromatic carbocycles. The fourth-order valence-electron chi connectivity index (χ4n) is 1.46. The summed E-state index contributed by atoms with van der Waals surface area (Å²) in [6.45, 7) is 0. The van der Waals surface area contributed by atoms with Crippen LogP contribution < -0.4 is 4.24 Å². The molecule has 0 saturated heterocycles. The van der Waals surface area contributed by atoms with E-state index in [4.69, 9.17) is 0 Å². The molecule has 0 aliphatic heterocycles. The topological polar surface area (TPSA) is 0 Å². The summed E-state index contributed by atoms with van der Waals surface area (Å²) in [5.74, 6) is 0. The second kappa shape index (κ2) is 3.83. The van der Waals surface area contributed by atoms with E-state index in [2.05, 4.69) is 66.2 Å². The Kier molecular flexibility index (Phi) is 2.54. The van der Waals surface area contributed by atoms with E-state index in [1.54, 1.807) is 0 Å². The Morgan fingerprint density at radius 2 is 1.38 bits per heavy atom. The van der Waals surface area contributed by atoms with Crippen LogP contribution in [-0.2, 0) is 0 Å². The summed E-state index contributed by atoms with van der Waals surface area (Å²) in [6, 6.07) is 19.0. The van der Waals surface area contributed by atoms with Gasteiger partial charge in [0.15, 0.2) is 0 Å². The van der Waals surface area contributed by atoms with Gasteiger partial charge in [0.2, 0.25) is 0 Å². The molecule has 0 aromatic heterocycles. The molecule has 0 radical (unpaired) electrons. The molecule has 0 unspecified atom stereocenters. The van der Waals surface area contributed by atoms with Crippen LogP contribution in [0.2, 0.25) is 0 Å². The zero-order chi connectivity index (χ0) is 9.10. The van der Waals surface area contributed by atoms with Crippen LogP contribution in [-0.4, -0.2) is 17.7 Å². The maximum atomic E-state index is 2.20. The summed E-state index contributed by atoms with van der Waals surface area (Å²) in [5.41, 5.74) is 2.58. The van der Waals surface area contributed by atoms with Crippen molar-refractivity contribution >= 4 is 22.0 Å². The van der Waals surface area contributed by atoms with E-state index < -0.39 is 0 Å². The molecule has 2 aromatic rings. The van der Waals surface area contributed by atoms with Crippen LogP contribution in [0.1, 0.15) is 0 Å². The number of benzene rings is 2. The summed E-state index contributed by atoms with van der Waals surface area (Å²) in [5, 5.41) is 0. The first-order valence-corrected chi connectivity index (χ1v) is 4.48. The number of rotatable bonds is 1. The van der Waals surface area contributed by atoms with Gasteiger partial charge in [0.25, 0.3) is 0 Å². The van der Waals surface area contributed by atoms with Crippen LogP contribution in [0.15, 0.2) is 54.6 Å².